The van der Waals surface area contributed by atoms with Crippen LogP contribution < -0.4 is 10.5 Å². The van der Waals surface area contributed by atoms with Gasteiger partial charge in [0.25, 0.3) is 0 Å². The third-order valence-corrected chi connectivity index (χ3v) is 2.88. The van der Waals surface area contributed by atoms with E-state index >= 15 is 0 Å². The Morgan fingerprint density at radius 1 is 1.48 bits per heavy atom. The molecule has 5 heteroatoms. The highest BCUT2D eigenvalue weighted by atomic mass is 16.5. The average molecular weight is 290 g/mol. The van der Waals surface area contributed by atoms with Crippen molar-refractivity contribution in [1.82, 2.24) is 4.90 Å². The molecule has 0 aromatic heterocycles. The van der Waals surface area contributed by atoms with Crippen molar-refractivity contribution in [2.45, 2.75) is 19.9 Å². The SMILES string of the molecule is CC(C)N(CCOc1cccc(C#CCO)c1)CC(N)=O. The summed E-state index contributed by atoms with van der Waals surface area (Å²) in [6.45, 7) is 5.15. The van der Waals surface area contributed by atoms with Crippen LogP contribution in [0.1, 0.15) is 19.4 Å². The lowest BCUT2D eigenvalue weighted by molar-refractivity contribution is -0.119. The second-order valence-electron chi connectivity index (χ2n) is 4.87. The van der Waals surface area contributed by atoms with Gasteiger partial charge in [-0.2, -0.15) is 0 Å². The Kier molecular flexibility index (Phi) is 7.30. The Labute approximate surface area is 125 Å². The number of aliphatic hydroxyl groups is 1. The van der Waals surface area contributed by atoms with E-state index in [4.69, 9.17) is 15.6 Å². The number of carbonyl (C=O) groups excluding carboxylic acids is 1. The van der Waals surface area contributed by atoms with Gasteiger partial charge in [-0.3, -0.25) is 9.69 Å². The van der Waals surface area contributed by atoms with Crippen molar-refractivity contribution < 1.29 is 14.6 Å². The highest BCUT2D eigenvalue weighted by Gasteiger charge is 2.11. The van der Waals surface area contributed by atoms with E-state index in [-0.39, 0.29) is 25.1 Å². The molecule has 0 fully saturated rings. The lowest BCUT2D eigenvalue weighted by Crippen LogP contribution is -2.40. The fraction of sp³-hybridized carbons (Fsp3) is 0.438. The lowest BCUT2D eigenvalue weighted by atomic mass is 10.2. The topological polar surface area (TPSA) is 75.8 Å². The summed E-state index contributed by atoms with van der Waals surface area (Å²) in [5.41, 5.74) is 6.01. The van der Waals surface area contributed by atoms with E-state index in [1.165, 1.54) is 0 Å². The molecule has 0 radical (unpaired) electrons. The predicted molar refractivity (Wildman–Crippen MR) is 81.8 cm³/mol. The summed E-state index contributed by atoms with van der Waals surface area (Å²) in [6.07, 6.45) is 0. The maximum absolute atomic E-state index is 11.0. The van der Waals surface area contributed by atoms with Crippen LogP contribution in [0.5, 0.6) is 5.75 Å². The van der Waals surface area contributed by atoms with E-state index < -0.39 is 0 Å². The van der Waals surface area contributed by atoms with Crippen molar-refractivity contribution in [2.75, 3.05) is 26.3 Å². The standard InChI is InChI=1S/C16H22N2O3/c1-13(2)18(12-16(17)20)8-10-21-15-7-3-5-14(11-15)6-4-9-19/h3,5,7,11,13,19H,8-10,12H2,1-2H3,(H2,17,20). The number of benzene rings is 1. The Bertz CT molecular complexity index is 518. The first-order valence-electron chi connectivity index (χ1n) is 6.88. The van der Waals surface area contributed by atoms with E-state index in [0.717, 1.165) is 5.56 Å². The van der Waals surface area contributed by atoms with E-state index in [1.54, 1.807) is 0 Å². The number of nitrogens with zero attached hydrogens (tertiary/aromatic N) is 1. The normalized spacial score (nSPS) is 10.3. The molecule has 0 bridgehead atoms. The Morgan fingerprint density at radius 2 is 2.24 bits per heavy atom. The van der Waals surface area contributed by atoms with Crippen molar-refractivity contribution in [3.05, 3.63) is 29.8 Å². The van der Waals surface area contributed by atoms with Gasteiger partial charge >= 0.3 is 0 Å². The first-order valence-corrected chi connectivity index (χ1v) is 6.88. The van der Waals surface area contributed by atoms with Gasteiger partial charge in [0.15, 0.2) is 0 Å². The number of amides is 1. The van der Waals surface area contributed by atoms with Crippen molar-refractivity contribution in [3.8, 4) is 17.6 Å². The molecule has 0 spiro atoms. The quantitative estimate of drug-likeness (QED) is 0.721. The van der Waals surface area contributed by atoms with Gasteiger partial charge in [-0.05, 0) is 32.0 Å². The summed E-state index contributed by atoms with van der Waals surface area (Å²) in [5, 5.41) is 8.68. The smallest absolute Gasteiger partial charge is 0.231 e. The molecule has 0 atom stereocenters. The largest absolute Gasteiger partial charge is 0.492 e. The van der Waals surface area contributed by atoms with Crippen LogP contribution in [0.4, 0.5) is 0 Å². The minimum Gasteiger partial charge on any atom is -0.492 e. The molecule has 5 nitrogen and oxygen atoms in total. The molecule has 0 saturated carbocycles. The molecule has 0 aliphatic carbocycles. The van der Waals surface area contributed by atoms with E-state index in [0.29, 0.717) is 18.9 Å². The number of rotatable bonds is 7. The first kappa shape index (κ1) is 17.0. The van der Waals surface area contributed by atoms with Gasteiger partial charge in [0.2, 0.25) is 5.91 Å². The maximum Gasteiger partial charge on any atom is 0.231 e. The van der Waals surface area contributed by atoms with Gasteiger partial charge in [-0.1, -0.05) is 17.9 Å². The molecule has 3 N–H and O–H groups in total. The molecule has 0 aliphatic rings. The van der Waals surface area contributed by atoms with Gasteiger partial charge in [0.1, 0.15) is 19.0 Å². The van der Waals surface area contributed by atoms with E-state index in [2.05, 4.69) is 11.8 Å². The molecule has 114 valence electrons. The van der Waals surface area contributed by atoms with Crippen LogP contribution >= 0.6 is 0 Å². The second kappa shape index (κ2) is 9.01. The summed E-state index contributed by atoms with van der Waals surface area (Å²) in [5.74, 6) is 5.79. The maximum atomic E-state index is 11.0. The first-order chi connectivity index (χ1) is 10.0. The Morgan fingerprint density at radius 3 is 2.86 bits per heavy atom. The number of hydrogen-bond acceptors (Lipinski definition) is 4. The zero-order chi connectivity index (χ0) is 15.7. The van der Waals surface area contributed by atoms with Crippen LogP contribution in [0.15, 0.2) is 24.3 Å². The predicted octanol–water partition coefficient (Wildman–Crippen LogP) is 0.605. The molecule has 0 saturated heterocycles. The van der Waals surface area contributed by atoms with Crippen molar-refractivity contribution in [1.29, 1.82) is 0 Å². The molecule has 1 amide bonds. The molecular weight excluding hydrogens is 268 g/mol. The monoisotopic (exact) mass is 290 g/mol. The minimum atomic E-state index is -0.343. The van der Waals surface area contributed by atoms with Crippen molar-refractivity contribution >= 4 is 5.91 Å². The zero-order valence-electron chi connectivity index (χ0n) is 12.5. The van der Waals surface area contributed by atoms with Gasteiger partial charge < -0.3 is 15.6 Å². The molecule has 1 aromatic carbocycles. The fourth-order valence-electron chi connectivity index (χ4n) is 1.81. The number of aliphatic hydroxyl groups excluding tert-OH is 1. The highest BCUT2D eigenvalue weighted by Crippen LogP contribution is 2.12. The molecule has 0 unspecified atom stereocenters. The Hall–Kier alpha value is -2.03. The number of carbonyl (C=O) groups is 1. The molecule has 1 aromatic rings. The van der Waals surface area contributed by atoms with E-state index in [1.807, 2.05) is 43.0 Å². The number of hydrogen-bond donors (Lipinski definition) is 2. The number of nitrogens with two attached hydrogens (primary N) is 1. The highest BCUT2D eigenvalue weighted by molar-refractivity contribution is 5.75. The van der Waals surface area contributed by atoms with Gasteiger partial charge in [-0.25, -0.2) is 0 Å². The van der Waals surface area contributed by atoms with Crippen LogP contribution in [-0.2, 0) is 4.79 Å². The average Bonchev–Trinajstić information content (AvgIpc) is 2.44. The summed E-state index contributed by atoms with van der Waals surface area (Å²) in [4.78, 5) is 13.0. The summed E-state index contributed by atoms with van der Waals surface area (Å²) >= 11 is 0. The van der Waals surface area contributed by atoms with Crippen LogP contribution in [-0.4, -0.2) is 48.3 Å². The minimum absolute atomic E-state index is 0.165. The number of primary amides is 1. The van der Waals surface area contributed by atoms with Crippen molar-refractivity contribution in [3.63, 3.8) is 0 Å². The van der Waals surface area contributed by atoms with Crippen molar-refractivity contribution in [2.24, 2.45) is 5.73 Å². The molecular formula is C16H22N2O3. The van der Waals surface area contributed by atoms with Gasteiger partial charge in [0.05, 0.1) is 6.54 Å². The van der Waals surface area contributed by atoms with Crippen LogP contribution in [0, 0.1) is 11.8 Å². The molecule has 0 heterocycles. The van der Waals surface area contributed by atoms with Gasteiger partial charge in [-0.15, -0.1) is 0 Å². The number of ether oxygens (including phenoxy) is 1. The zero-order valence-corrected chi connectivity index (χ0v) is 12.5. The lowest BCUT2D eigenvalue weighted by Gasteiger charge is -2.24. The van der Waals surface area contributed by atoms with Crippen LogP contribution in [0.2, 0.25) is 0 Å². The summed E-state index contributed by atoms with van der Waals surface area (Å²) in [7, 11) is 0. The second-order valence-corrected chi connectivity index (χ2v) is 4.87. The van der Waals surface area contributed by atoms with Crippen LogP contribution in [0.3, 0.4) is 0 Å². The van der Waals surface area contributed by atoms with Gasteiger partial charge in [0, 0.05) is 18.2 Å². The van der Waals surface area contributed by atoms with Crippen LogP contribution in [0.25, 0.3) is 0 Å². The summed E-state index contributed by atoms with van der Waals surface area (Å²) < 4.78 is 5.66. The third-order valence-electron chi connectivity index (χ3n) is 2.88. The molecule has 0 aliphatic heterocycles. The molecule has 21 heavy (non-hydrogen) atoms. The third kappa shape index (κ3) is 6.80. The fourth-order valence-corrected chi connectivity index (χ4v) is 1.81. The summed E-state index contributed by atoms with van der Waals surface area (Å²) in [6, 6.07) is 7.58. The van der Waals surface area contributed by atoms with E-state index in [9.17, 15) is 4.79 Å². The Balaban J connectivity index is 2.52. The molecule has 1 rings (SSSR count).